The van der Waals surface area contributed by atoms with Gasteiger partial charge in [-0.15, -0.1) is 0 Å². The second-order valence-corrected chi connectivity index (χ2v) is 7.26. The van der Waals surface area contributed by atoms with E-state index < -0.39 is 0 Å². The fourth-order valence-corrected chi connectivity index (χ4v) is 2.94. The molecule has 1 N–H and O–H groups in total. The molecular weight excluding hydrogens is 278 g/mol. The lowest BCUT2D eigenvalue weighted by Gasteiger charge is -2.21. The SMILES string of the molecule is Cc1cc(C)nc(Sc2ccccc2CNC(C)(C)C)n1. The third kappa shape index (κ3) is 5.14. The molecule has 0 aliphatic carbocycles. The molecule has 0 fully saturated rings. The number of nitrogens with one attached hydrogen (secondary N) is 1. The fraction of sp³-hybridized carbons (Fsp3) is 0.412. The Labute approximate surface area is 131 Å². The second-order valence-electron chi connectivity index (χ2n) is 6.25. The average molecular weight is 301 g/mol. The van der Waals surface area contributed by atoms with Gasteiger partial charge < -0.3 is 5.32 Å². The summed E-state index contributed by atoms with van der Waals surface area (Å²) in [5.41, 5.74) is 3.40. The summed E-state index contributed by atoms with van der Waals surface area (Å²) in [6.07, 6.45) is 0. The van der Waals surface area contributed by atoms with E-state index >= 15 is 0 Å². The molecule has 0 bridgehead atoms. The highest BCUT2D eigenvalue weighted by Gasteiger charge is 2.11. The van der Waals surface area contributed by atoms with Gasteiger partial charge in [-0.25, -0.2) is 9.97 Å². The summed E-state index contributed by atoms with van der Waals surface area (Å²) < 4.78 is 0. The van der Waals surface area contributed by atoms with Crippen LogP contribution in [0.4, 0.5) is 0 Å². The zero-order valence-electron chi connectivity index (χ0n) is 13.4. The molecule has 0 unspecified atom stereocenters. The Morgan fingerprint density at radius 3 is 2.29 bits per heavy atom. The van der Waals surface area contributed by atoms with Crippen LogP contribution in [-0.2, 0) is 6.54 Å². The highest BCUT2D eigenvalue weighted by molar-refractivity contribution is 7.99. The molecule has 2 rings (SSSR count). The Hall–Kier alpha value is -1.39. The van der Waals surface area contributed by atoms with Gasteiger partial charge in [-0.2, -0.15) is 0 Å². The minimum atomic E-state index is 0.105. The maximum Gasteiger partial charge on any atom is 0.192 e. The largest absolute Gasteiger partial charge is 0.308 e. The van der Waals surface area contributed by atoms with Crippen molar-refractivity contribution in [2.24, 2.45) is 0 Å². The fourth-order valence-electron chi connectivity index (χ4n) is 1.95. The molecule has 21 heavy (non-hydrogen) atoms. The van der Waals surface area contributed by atoms with E-state index in [1.807, 2.05) is 19.9 Å². The van der Waals surface area contributed by atoms with Crippen molar-refractivity contribution < 1.29 is 0 Å². The summed E-state index contributed by atoms with van der Waals surface area (Å²) in [5, 5.41) is 4.35. The molecule has 0 aliphatic heterocycles. The zero-order chi connectivity index (χ0) is 15.5. The van der Waals surface area contributed by atoms with Gasteiger partial charge in [0, 0.05) is 28.4 Å². The molecule has 3 nitrogen and oxygen atoms in total. The van der Waals surface area contributed by atoms with Gasteiger partial charge in [-0.3, -0.25) is 0 Å². The molecule has 1 aromatic heterocycles. The van der Waals surface area contributed by atoms with E-state index in [4.69, 9.17) is 0 Å². The van der Waals surface area contributed by atoms with Gasteiger partial charge in [0.25, 0.3) is 0 Å². The molecule has 4 heteroatoms. The van der Waals surface area contributed by atoms with E-state index in [9.17, 15) is 0 Å². The van der Waals surface area contributed by atoms with Crippen LogP contribution in [0.15, 0.2) is 40.4 Å². The first kappa shape index (κ1) is 16.0. The highest BCUT2D eigenvalue weighted by atomic mass is 32.2. The lowest BCUT2D eigenvalue weighted by Crippen LogP contribution is -2.35. The van der Waals surface area contributed by atoms with Crippen molar-refractivity contribution in [2.75, 3.05) is 0 Å². The molecule has 1 aromatic carbocycles. The molecule has 0 radical (unpaired) electrons. The number of benzene rings is 1. The highest BCUT2D eigenvalue weighted by Crippen LogP contribution is 2.28. The molecule has 1 heterocycles. The smallest absolute Gasteiger partial charge is 0.192 e. The summed E-state index contributed by atoms with van der Waals surface area (Å²) in [5.74, 6) is 0. The van der Waals surface area contributed by atoms with E-state index in [0.29, 0.717) is 0 Å². The van der Waals surface area contributed by atoms with Crippen molar-refractivity contribution in [3.63, 3.8) is 0 Å². The third-order valence-corrected chi connectivity index (χ3v) is 3.93. The van der Waals surface area contributed by atoms with Crippen LogP contribution in [0.5, 0.6) is 0 Å². The lowest BCUT2D eigenvalue weighted by molar-refractivity contribution is 0.422. The molecule has 0 saturated heterocycles. The van der Waals surface area contributed by atoms with Crippen LogP contribution < -0.4 is 5.32 Å². The van der Waals surface area contributed by atoms with E-state index in [-0.39, 0.29) is 5.54 Å². The van der Waals surface area contributed by atoms with E-state index in [1.165, 1.54) is 10.5 Å². The average Bonchev–Trinajstić information content (AvgIpc) is 2.35. The summed E-state index contributed by atoms with van der Waals surface area (Å²) in [6, 6.07) is 10.4. The maximum absolute atomic E-state index is 4.51. The van der Waals surface area contributed by atoms with Crippen LogP contribution >= 0.6 is 11.8 Å². The summed E-state index contributed by atoms with van der Waals surface area (Å²) in [7, 11) is 0. The van der Waals surface area contributed by atoms with Crippen LogP contribution in [0.1, 0.15) is 37.7 Å². The Kier molecular flexibility index (Phi) is 5.01. The quantitative estimate of drug-likeness (QED) is 0.862. The van der Waals surface area contributed by atoms with Crippen molar-refractivity contribution >= 4 is 11.8 Å². The van der Waals surface area contributed by atoms with E-state index in [2.05, 4.69) is 60.3 Å². The van der Waals surface area contributed by atoms with Gasteiger partial charge in [0.15, 0.2) is 5.16 Å². The van der Waals surface area contributed by atoms with Crippen molar-refractivity contribution in [2.45, 2.75) is 56.8 Å². The van der Waals surface area contributed by atoms with Crippen molar-refractivity contribution in [1.82, 2.24) is 15.3 Å². The first-order valence-electron chi connectivity index (χ1n) is 7.16. The van der Waals surface area contributed by atoms with Gasteiger partial charge in [-0.05, 0) is 64.1 Å². The minimum Gasteiger partial charge on any atom is -0.308 e. The van der Waals surface area contributed by atoms with Crippen LogP contribution in [0.25, 0.3) is 0 Å². The Bertz CT molecular complexity index is 597. The molecule has 0 amide bonds. The number of nitrogens with zero attached hydrogens (tertiary/aromatic N) is 2. The maximum atomic E-state index is 4.51. The minimum absolute atomic E-state index is 0.105. The second kappa shape index (κ2) is 6.58. The predicted molar refractivity (Wildman–Crippen MR) is 88.7 cm³/mol. The van der Waals surface area contributed by atoms with Crippen LogP contribution in [0.3, 0.4) is 0 Å². The number of rotatable bonds is 4. The van der Waals surface area contributed by atoms with Gasteiger partial charge in [-0.1, -0.05) is 18.2 Å². The van der Waals surface area contributed by atoms with Crippen LogP contribution in [0, 0.1) is 13.8 Å². The summed E-state index contributed by atoms with van der Waals surface area (Å²) in [4.78, 5) is 10.2. The van der Waals surface area contributed by atoms with Crippen molar-refractivity contribution in [3.05, 3.63) is 47.3 Å². The topological polar surface area (TPSA) is 37.8 Å². The van der Waals surface area contributed by atoms with Crippen LogP contribution in [-0.4, -0.2) is 15.5 Å². The standard InChI is InChI=1S/C17H23N3S/c1-12-10-13(2)20-16(19-12)21-15-9-7-6-8-14(15)11-18-17(3,4)5/h6-10,18H,11H2,1-5H3. The molecular formula is C17H23N3S. The first-order valence-corrected chi connectivity index (χ1v) is 7.98. The number of aryl methyl sites for hydroxylation is 2. The monoisotopic (exact) mass is 301 g/mol. The Morgan fingerprint density at radius 2 is 1.67 bits per heavy atom. The Morgan fingerprint density at radius 1 is 1.05 bits per heavy atom. The summed E-state index contributed by atoms with van der Waals surface area (Å²) >= 11 is 1.63. The van der Waals surface area contributed by atoms with Gasteiger partial charge in [0.1, 0.15) is 0 Å². The van der Waals surface area contributed by atoms with Gasteiger partial charge in [0.05, 0.1) is 0 Å². The zero-order valence-corrected chi connectivity index (χ0v) is 14.2. The number of hydrogen-bond acceptors (Lipinski definition) is 4. The van der Waals surface area contributed by atoms with Gasteiger partial charge >= 0.3 is 0 Å². The Balaban J connectivity index is 2.20. The van der Waals surface area contributed by atoms with E-state index in [0.717, 1.165) is 23.1 Å². The van der Waals surface area contributed by atoms with E-state index in [1.54, 1.807) is 11.8 Å². The molecule has 2 aromatic rings. The summed E-state index contributed by atoms with van der Waals surface area (Å²) in [6.45, 7) is 11.4. The molecule has 0 aliphatic rings. The normalized spacial score (nSPS) is 11.7. The van der Waals surface area contributed by atoms with Crippen LogP contribution in [0.2, 0.25) is 0 Å². The third-order valence-electron chi connectivity index (χ3n) is 2.94. The molecule has 0 atom stereocenters. The molecule has 112 valence electrons. The molecule has 0 spiro atoms. The predicted octanol–water partition coefficient (Wildman–Crippen LogP) is 4.13. The first-order chi connectivity index (χ1) is 9.83. The number of aromatic nitrogens is 2. The molecule has 0 saturated carbocycles. The lowest BCUT2D eigenvalue weighted by atomic mass is 10.1. The number of hydrogen-bond donors (Lipinski definition) is 1. The van der Waals surface area contributed by atoms with Gasteiger partial charge in [0.2, 0.25) is 0 Å². The van der Waals surface area contributed by atoms with Crippen molar-refractivity contribution in [1.29, 1.82) is 0 Å². The van der Waals surface area contributed by atoms with Crippen molar-refractivity contribution in [3.8, 4) is 0 Å².